The third-order valence-corrected chi connectivity index (χ3v) is 4.21. The molecule has 2 aromatic heterocycles. The molecule has 0 bridgehead atoms. The maximum Gasteiger partial charge on any atom is 0.410 e. The van der Waals surface area contributed by atoms with E-state index in [1.54, 1.807) is 17.2 Å². The highest BCUT2D eigenvalue weighted by atomic mass is 35.5. The first-order valence-corrected chi connectivity index (χ1v) is 9.48. The highest BCUT2D eigenvalue weighted by Crippen LogP contribution is 2.18. The van der Waals surface area contributed by atoms with Gasteiger partial charge in [-0.25, -0.2) is 14.8 Å². The molecule has 2 aromatic rings. The first-order valence-electron chi connectivity index (χ1n) is 9.10. The van der Waals surface area contributed by atoms with Crippen LogP contribution in [0, 0.1) is 0 Å². The van der Waals surface area contributed by atoms with Crippen molar-refractivity contribution in [1.29, 1.82) is 0 Å². The van der Waals surface area contributed by atoms with E-state index in [9.17, 15) is 4.79 Å². The molecule has 0 aromatic carbocycles. The molecule has 150 valence electrons. The predicted octanol–water partition coefficient (Wildman–Crippen LogP) is 3.16. The molecular formula is C19H24ClN5O3. The zero-order valence-corrected chi connectivity index (χ0v) is 17.0. The number of anilines is 1. The summed E-state index contributed by atoms with van der Waals surface area (Å²) >= 11 is 5.88. The number of aromatic nitrogens is 3. The van der Waals surface area contributed by atoms with E-state index < -0.39 is 5.60 Å². The van der Waals surface area contributed by atoms with Gasteiger partial charge in [0.05, 0.1) is 5.69 Å². The van der Waals surface area contributed by atoms with Gasteiger partial charge >= 0.3 is 12.1 Å². The number of piperazine rings is 1. The van der Waals surface area contributed by atoms with Gasteiger partial charge in [-0.15, -0.1) is 0 Å². The second kappa shape index (κ2) is 8.60. The summed E-state index contributed by atoms with van der Waals surface area (Å²) in [4.78, 5) is 28.8. The van der Waals surface area contributed by atoms with Crippen LogP contribution < -0.4 is 9.64 Å². The molecule has 1 fully saturated rings. The van der Waals surface area contributed by atoms with E-state index in [-0.39, 0.29) is 18.7 Å². The maximum atomic E-state index is 12.2. The van der Waals surface area contributed by atoms with E-state index in [1.807, 2.05) is 39.0 Å². The quantitative estimate of drug-likeness (QED) is 0.722. The monoisotopic (exact) mass is 405 g/mol. The molecule has 0 unspecified atom stereocenters. The lowest BCUT2D eigenvalue weighted by Gasteiger charge is -2.36. The normalized spacial score (nSPS) is 14.7. The fraction of sp³-hybridized carbons (Fsp3) is 0.474. The molecule has 0 radical (unpaired) electrons. The zero-order valence-electron chi connectivity index (χ0n) is 16.3. The first-order chi connectivity index (χ1) is 13.3. The molecule has 1 aliphatic rings. The van der Waals surface area contributed by atoms with Crippen molar-refractivity contribution in [1.82, 2.24) is 19.9 Å². The molecule has 1 aliphatic heterocycles. The Balaban J connectivity index is 1.55. The van der Waals surface area contributed by atoms with Gasteiger partial charge in [-0.2, -0.15) is 4.98 Å². The van der Waals surface area contributed by atoms with Crippen molar-refractivity contribution in [3.8, 4) is 6.01 Å². The number of hydrogen-bond donors (Lipinski definition) is 0. The van der Waals surface area contributed by atoms with E-state index in [4.69, 9.17) is 21.1 Å². The van der Waals surface area contributed by atoms with Gasteiger partial charge in [-0.05, 0) is 39.0 Å². The Hall–Kier alpha value is -2.61. The Kier molecular flexibility index (Phi) is 6.18. The second-order valence-corrected chi connectivity index (χ2v) is 7.78. The van der Waals surface area contributed by atoms with Gasteiger partial charge in [0.1, 0.15) is 23.2 Å². The predicted molar refractivity (Wildman–Crippen MR) is 106 cm³/mol. The molecule has 1 amide bonds. The molecule has 3 heterocycles. The number of nitrogens with zero attached hydrogens (tertiary/aromatic N) is 5. The third kappa shape index (κ3) is 5.69. The smallest absolute Gasteiger partial charge is 0.410 e. The van der Waals surface area contributed by atoms with Gasteiger partial charge in [0.25, 0.3) is 0 Å². The van der Waals surface area contributed by atoms with Gasteiger partial charge in [0.15, 0.2) is 0 Å². The van der Waals surface area contributed by atoms with E-state index in [2.05, 4.69) is 19.9 Å². The highest BCUT2D eigenvalue weighted by Gasteiger charge is 2.26. The highest BCUT2D eigenvalue weighted by molar-refractivity contribution is 6.29. The largest absolute Gasteiger partial charge is 0.457 e. The van der Waals surface area contributed by atoms with Crippen LogP contribution in [0.4, 0.5) is 10.6 Å². The van der Waals surface area contributed by atoms with E-state index >= 15 is 0 Å². The Morgan fingerprint density at radius 1 is 1.14 bits per heavy atom. The van der Waals surface area contributed by atoms with Crippen LogP contribution in [0.5, 0.6) is 6.01 Å². The molecule has 3 rings (SSSR count). The summed E-state index contributed by atoms with van der Waals surface area (Å²) in [5, 5.41) is 0.415. The molecule has 0 saturated carbocycles. The van der Waals surface area contributed by atoms with Crippen molar-refractivity contribution in [3.05, 3.63) is 41.3 Å². The van der Waals surface area contributed by atoms with E-state index in [1.165, 1.54) is 0 Å². The van der Waals surface area contributed by atoms with Gasteiger partial charge in [0, 0.05) is 32.4 Å². The Bertz CT molecular complexity index is 819. The number of amides is 1. The Morgan fingerprint density at radius 2 is 1.89 bits per heavy atom. The molecule has 28 heavy (non-hydrogen) atoms. The summed E-state index contributed by atoms with van der Waals surface area (Å²) < 4.78 is 11.1. The van der Waals surface area contributed by atoms with Gasteiger partial charge < -0.3 is 19.3 Å². The van der Waals surface area contributed by atoms with Crippen LogP contribution in [-0.4, -0.2) is 57.7 Å². The van der Waals surface area contributed by atoms with Crippen LogP contribution in [0.15, 0.2) is 30.5 Å². The lowest BCUT2D eigenvalue weighted by atomic mass is 10.2. The van der Waals surface area contributed by atoms with Gasteiger partial charge in [0.2, 0.25) is 0 Å². The van der Waals surface area contributed by atoms with Crippen LogP contribution in [-0.2, 0) is 11.3 Å². The maximum absolute atomic E-state index is 12.2. The van der Waals surface area contributed by atoms with Gasteiger partial charge in [-0.3, -0.25) is 0 Å². The summed E-state index contributed by atoms with van der Waals surface area (Å²) in [5.41, 5.74) is 0.206. The molecule has 0 spiro atoms. The summed E-state index contributed by atoms with van der Waals surface area (Å²) in [5.74, 6) is 0.757. The molecule has 0 atom stereocenters. The molecule has 9 heteroatoms. The Morgan fingerprint density at radius 3 is 2.57 bits per heavy atom. The lowest BCUT2D eigenvalue weighted by Crippen LogP contribution is -2.50. The SMILES string of the molecule is CC(C)(C)OC(=O)N1CCN(c2ccnc(OCc3cccc(Cl)n3)n2)CC1. The number of hydrogen-bond acceptors (Lipinski definition) is 7. The van der Waals surface area contributed by atoms with E-state index in [0.29, 0.717) is 37.0 Å². The van der Waals surface area contributed by atoms with Crippen LogP contribution in [0.1, 0.15) is 26.5 Å². The van der Waals surface area contributed by atoms with Crippen LogP contribution >= 0.6 is 11.6 Å². The number of ether oxygens (including phenoxy) is 2. The number of carbonyl (C=O) groups excluding carboxylic acids is 1. The van der Waals surface area contributed by atoms with Crippen molar-refractivity contribution in [2.45, 2.75) is 33.0 Å². The molecular weight excluding hydrogens is 382 g/mol. The summed E-state index contributed by atoms with van der Waals surface area (Å²) in [6, 6.07) is 7.45. The van der Waals surface area contributed by atoms with Gasteiger partial charge in [-0.1, -0.05) is 17.7 Å². The molecule has 8 nitrogen and oxygen atoms in total. The zero-order chi connectivity index (χ0) is 20.1. The summed E-state index contributed by atoms with van der Waals surface area (Å²) in [7, 11) is 0. The Labute approximate surface area is 169 Å². The number of carbonyl (C=O) groups is 1. The third-order valence-electron chi connectivity index (χ3n) is 4.00. The van der Waals surface area contributed by atoms with Crippen molar-refractivity contribution >= 4 is 23.5 Å². The second-order valence-electron chi connectivity index (χ2n) is 7.39. The average molecular weight is 406 g/mol. The fourth-order valence-corrected chi connectivity index (χ4v) is 2.87. The summed E-state index contributed by atoms with van der Waals surface area (Å²) in [6.45, 7) is 8.28. The minimum Gasteiger partial charge on any atom is -0.457 e. The minimum atomic E-state index is -0.495. The average Bonchev–Trinajstić information content (AvgIpc) is 2.65. The fourth-order valence-electron chi connectivity index (χ4n) is 2.69. The topological polar surface area (TPSA) is 80.7 Å². The number of halogens is 1. The van der Waals surface area contributed by atoms with Crippen molar-refractivity contribution in [2.75, 3.05) is 31.1 Å². The molecule has 0 aliphatic carbocycles. The lowest BCUT2D eigenvalue weighted by molar-refractivity contribution is 0.0240. The van der Waals surface area contributed by atoms with E-state index in [0.717, 1.165) is 5.82 Å². The number of rotatable bonds is 4. The van der Waals surface area contributed by atoms with Crippen LogP contribution in [0.2, 0.25) is 5.15 Å². The minimum absolute atomic E-state index is 0.233. The molecule has 0 N–H and O–H groups in total. The van der Waals surface area contributed by atoms with Crippen molar-refractivity contribution in [3.63, 3.8) is 0 Å². The van der Waals surface area contributed by atoms with Crippen LogP contribution in [0.3, 0.4) is 0 Å². The van der Waals surface area contributed by atoms with Crippen molar-refractivity contribution < 1.29 is 14.3 Å². The first kappa shape index (κ1) is 20.1. The number of pyridine rings is 1. The molecule has 1 saturated heterocycles. The van der Waals surface area contributed by atoms with Crippen LogP contribution in [0.25, 0.3) is 0 Å². The standard InChI is InChI=1S/C19H24ClN5O3/c1-19(2,3)28-18(26)25-11-9-24(10-12-25)16-7-8-21-17(23-16)27-13-14-5-4-6-15(20)22-14/h4-8H,9-13H2,1-3H3. The van der Waals surface area contributed by atoms with Crippen molar-refractivity contribution in [2.24, 2.45) is 0 Å². The summed E-state index contributed by atoms with van der Waals surface area (Å²) in [6.07, 6.45) is 1.37.